The fourth-order valence-electron chi connectivity index (χ4n) is 2.15. The third-order valence-electron chi connectivity index (χ3n) is 3.18. The third-order valence-corrected chi connectivity index (χ3v) is 4.66. The van der Waals surface area contributed by atoms with Gasteiger partial charge in [-0.25, -0.2) is 13.1 Å². The maximum atomic E-state index is 12.1. The highest BCUT2D eigenvalue weighted by Gasteiger charge is 2.16. The molecule has 1 aromatic carbocycles. The molecule has 5 nitrogen and oxygen atoms in total. The molecule has 1 aromatic rings. The number of benzene rings is 1. The van der Waals surface area contributed by atoms with E-state index in [4.69, 9.17) is 5.73 Å². The topological polar surface area (TPSA) is 75.4 Å². The molecule has 0 amide bonds. The van der Waals surface area contributed by atoms with Gasteiger partial charge in [-0.3, -0.25) is 4.90 Å². The molecule has 114 valence electrons. The van der Waals surface area contributed by atoms with E-state index >= 15 is 0 Å². The van der Waals surface area contributed by atoms with Gasteiger partial charge in [0.25, 0.3) is 0 Å². The normalized spacial score (nSPS) is 12.6. The number of hydrogen-bond donors (Lipinski definition) is 2. The van der Waals surface area contributed by atoms with E-state index in [9.17, 15) is 8.42 Å². The molecule has 0 atom stereocenters. The maximum Gasteiger partial charge on any atom is 0.240 e. The van der Waals surface area contributed by atoms with E-state index in [2.05, 4.69) is 37.3 Å². The second-order valence-electron chi connectivity index (χ2n) is 5.39. The van der Waals surface area contributed by atoms with Crippen LogP contribution in [0.4, 0.5) is 5.69 Å². The third kappa shape index (κ3) is 4.77. The smallest absolute Gasteiger partial charge is 0.240 e. The number of nitrogens with one attached hydrogen (secondary N) is 1. The van der Waals surface area contributed by atoms with Crippen molar-refractivity contribution >= 4 is 15.7 Å². The van der Waals surface area contributed by atoms with Crippen LogP contribution in [0.3, 0.4) is 0 Å². The van der Waals surface area contributed by atoms with Crippen LogP contribution in [0, 0.1) is 0 Å². The van der Waals surface area contributed by atoms with Gasteiger partial charge in [-0.2, -0.15) is 0 Å². The Labute approximate surface area is 122 Å². The first-order valence-corrected chi connectivity index (χ1v) is 8.33. The SMILES string of the molecule is CC(C)N(CCNS(=O)(=O)c1ccc(N)cc1)C(C)C. The molecule has 3 N–H and O–H groups in total. The lowest BCUT2D eigenvalue weighted by atomic mass is 10.2. The summed E-state index contributed by atoms with van der Waals surface area (Å²) in [6, 6.07) is 6.97. The quantitative estimate of drug-likeness (QED) is 0.751. The van der Waals surface area contributed by atoms with Crippen molar-refractivity contribution in [2.75, 3.05) is 18.8 Å². The van der Waals surface area contributed by atoms with Gasteiger partial charge in [0.2, 0.25) is 10.0 Å². The summed E-state index contributed by atoms with van der Waals surface area (Å²) in [4.78, 5) is 2.48. The molecular weight excluding hydrogens is 274 g/mol. The van der Waals surface area contributed by atoms with Gasteiger partial charge in [-0.15, -0.1) is 0 Å². The minimum absolute atomic E-state index is 0.243. The van der Waals surface area contributed by atoms with E-state index < -0.39 is 10.0 Å². The highest BCUT2D eigenvalue weighted by Crippen LogP contribution is 2.11. The zero-order valence-corrected chi connectivity index (χ0v) is 13.4. The summed E-state index contributed by atoms with van der Waals surface area (Å²) in [7, 11) is -3.46. The Morgan fingerprint density at radius 3 is 2.05 bits per heavy atom. The molecule has 0 aromatic heterocycles. The summed E-state index contributed by atoms with van der Waals surface area (Å²) in [6.45, 7) is 9.50. The molecule has 0 aliphatic heterocycles. The van der Waals surface area contributed by atoms with Crippen LogP contribution in [-0.4, -0.2) is 38.5 Å². The highest BCUT2D eigenvalue weighted by atomic mass is 32.2. The summed E-state index contributed by atoms with van der Waals surface area (Å²) in [5, 5.41) is 0. The Hall–Kier alpha value is -1.11. The fourth-order valence-corrected chi connectivity index (χ4v) is 3.17. The highest BCUT2D eigenvalue weighted by molar-refractivity contribution is 7.89. The number of nitrogens with two attached hydrogens (primary N) is 1. The Balaban J connectivity index is 2.62. The van der Waals surface area contributed by atoms with Crippen LogP contribution < -0.4 is 10.5 Å². The van der Waals surface area contributed by atoms with Gasteiger partial charge in [0, 0.05) is 30.9 Å². The van der Waals surface area contributed by atoms with Crippen LogP contribution in [-0.2, 0) is 10.0 Å². The number of anilines is 1. The van der Waals surface area contributed by atoms with Crippen molar-refractivity contribution in [2.24, 2.45) is 0 Å². The first-order chi connectivity index (χ1) is 9.24. The van der Waals surface area contributed by atoms with Crippen LogP contribution in [0.2, 0.25) is 0 Å². The average Bonchev–Trinajstić information content (AvgIpc) is 2.34. The average molecular weight is 299 g/mol. The maximum absolute atomic E-state index is 12.1. The van der Waals surface area contributed by atoms with Crippen LogP contribution >= 0.6 is 0 Å². The number of rotatable bonds is 7. The standard InChI is InChI=1S/C14H25N3O2S/c1-11(2)17(12(3)4)10-9-16-20(18,19)14-7-5-13(15)6-8-14/h5-8,11-12,16H,9-10,15H2,1-4H3. The van der Waals surface area contributed by atoms with E-state index in [0.29, 0.717) is 30.9 Å². The number of hydrogen-bond acceptors (Lipinski definition) is 4. The van der Waals surface area contributed by atoms with Gasteiger partial charge in [-0.05, 0) is 52.0 Å². The summed E-state index contributed by atoms with van der Waals surface area (Å²) in [5.41, 5.74) is 6.11. The Morgan fingerprint density at radius 2 is 1.60 bits per heavy atom. The van der Waals surface area contributed by atoms with Gasteiger partial charge in [0.15, 0.2) is 0 Å². The van der Waals surface area contributed by atoms with Gasteiger partial charge in [0.1, 0.15) is 0 Å². The van der Waals surface area contributed by atoms with E-state index in [-0.39, 0.29) is 4.90 Å². The molecule has 0 heterocycles. The Kier molecular flexibility index (Phi) is 5.98. The molecule has 0 bridgehead atoms. The predicted octanol–water partition coefficient (Wildman–Crippen LogP) is 1.67. The largest absolute Gasteiger partial charge is 0.399 e. The number of nitrogens with zero attached hydrogens (tertiary/aromatic N) is 1. The molecule has 0 radical (unpaired) electrons. The predicted molar refractivity (Wildman–Crippen MR) is 83.0 cm³/mol. The summed E-state index contributed by atoms with van der Waals surface area (Å²) in [6.07, 6.45) is 0. The minimum atomic E-state index is -3.46. The molecule has 0 unspecified atom stereocenters. The van der Waals surface area contributed by atoms with E-state index in [0.717, 1.165) is 0 Å². The van der Waals surface area contributed by atoms with Crippen LogP contribution in [0.1, 0.15) is 27.7 Å². The van der Waals surface area contributed by atoms with Crippen LogP contribution in [0.5, 0.6) is 0 Å². The van der Waals surface area contributed by atoms with Crippen LogP contribution in [0.25, 0.3) is 0 Å². The molecule has 0 saturated carbocycles. The molecule has 0 aliphatic rings. The van der Waals surface area contributed by atoms with Gasteiger partial charge >= 0.3 is 0 Å². The van der Waals surface area contributed by atoms with Gasteiger partial charge in [0.05, 0.1) is 4.90 Å². The van der Waals surface area contributed by atoms with Crippen molar-refractivity contribution in [1.29, 1.82) is 0 Å². The number of sulfonamides is 1. The molecule has 20 heavy (non-hydrogen) atoms. The van der Waals surface area contributed by atoms with Crippen LogP contribution in [0.15, 0.2) is 29.2 Å². The van der Waals surface area contributed by atoms with Gasteiger partial charge in [-0.1, -0.05) is 0 Å². The molecule has 6 heteroatoms. The van der Waals surface area contributed by atoms with Crippen molar-refractivity contribution in [3.05, 3.63) is 24.3 Å². The fraction of sp³-hybridized carbons (Fsp3) is 0.571. The molecule has 0 spiro atoms. The van der Waals surface area contributed by atoms with Crippen molar-refractivity contribution in [3.8, 4) is 0 Å². The van der Waals surface area contributed by atoms with Crippen molar-refractivity contribution < 1.29 is 8.42 Å². The monoisotopic (exact) mass is 299 g/mol. The summed E-state index contributed by atoms with van der Waals surface area (Å²) in [5.74, 6) is 0. The summed E-state index contributed by atoms with van der Waals surface area (Å²) < 4.78 is 26.8. The zero-order valence-electron chi connectivity index (χ0n) is 12.6. The van der Waals surface area contributed by atoms with E-state index in [1.807, 2.05) is 0 Å². The molecule has 0 fully saturated rings. The van der Waals surface area contributed by atoms with E-state index in [1.165, 1.54) is 12.1 Å². The lowest BCUT2D eigenvalue weighted by Crippen LogP contribution is -2.42. The Morgan fingerprint density at radius 1 is 1.10 bits per heavy atom. The van der Waals surface area contributed by atoms with E-state index in [1.54, 1.807) is 12.1 Å². The van der Waals surface area contributed by atoms with Gasteiger partial charge < -0.3 is 5.73 Å². The Bertz CT molecular complexity index is 502. The van der Waals surface area contributed by atoms with Crippen molar-refractivity contribution in [2.45, 2.75) is 44.7 Å². The molecular formula is C14H25N3O2S. The molecule has 1 rings (SSSR count). The lowest BCUT2D eigenvalue weighted by molar-refractivity contribution is 0.179. The summed E-state index contributed by atoms with van der Waals surface area (Å²) >= 11 is 0. The molecule has 0 saturated heterocycles. The first kappa shape index (κ1) is 16.9. The lowest BCUT2D eigenvalue weighted by Gasteiger charge is -2.30. The first-order valence-electron chi connectivity index (χ1n) is 6.85. The molecule has 0 aliphatic carbocycles. The van der Waals surface area contributed by atoms with Crippen molar-refractivity contribution in [3.63, 3.8) is 0 Å². The second kappa shape index (κ2) is 7.06. The minimum Gasteiger partial charge on any atom is -0.399 e. The second-order valence-corrected chi connectivity index (χ2v) is 7.16. The van der Waals surface area contributed by atoms with Crippen molar-refractivity contribution in [1.82, 2.24) is 9.62 Å². The number of nitrogen functional groups attached to an aromatic ring is 1. The zero-order chi connectivity index (χ0) is 15.3.